The van der Waals surface area contributed by atoms with Crippen LogP contribution < -0.4 is 5.32 Å². The van der Waals surface area contributed by atoms with E-state index in [2.05, 4.69) is 24.1 Å². The molecule has 0 saturated carbocycles. The summed E-state index contributed by atoms with van der Waals surface area (Å²) in [6.45, 7) is 7.67. The van der Waals surface area contributed by atoms with E-state index in [1.807, 2.05) is 0 Å². The van der Waals surface area contributed by atoms with E-state index in [0.717, 1.165) is 39.0 Å². The minimum Gasteiger partial charge on any atom is -0.314 e. The van der Waals surface area contributed by atoms with E-state index in [4.69, 9.17) is 11.6 Å². The van der Waals surface area contributed by atoms with Gasteiger partial charge in [-0.2, -0.15) is 13.2 Å². The van der Waals surface area contributed by atoms with Crippen molar-refractivity contribution in [3.8, 4) is 0 Å². The average molecular weight is 385 g/mol. The van der Waals surface area contributed by atoms with Gasteiger partial charge in [0.15, 0.2) is 0 Å². The van der Waals surface area contributed by atoms with Gasteiger partial charge in [-0.1, -0.05) is 37.9 Å². The van der Waals surface area contributed by atoms with Gasteiger partial charge < -0.3 is 5.32 Å². The molecule has 1 aliphatic heterocycles. The second-order valence-corrected chi connectivity index (χ2v) is 6.64. The molecule has 1 N–H and O–H groups in total. The monoisotopic (exact) mass is 384 g/mol. The lowest BCUT2D eigenvalue weighted by Crippen LogP contribution is -2.46. The largest absolute Gasteiger partial charge is 0.417 e. The quantitative estimate of drug-likeness (QED) is 0.753. The van der Waals surface area contributed by atoms with Gasteiger partial charge in [-0.3, -0.25) is 4.90 Å². The molecule has 0 bridgehead atoms. The first-order chi connectivity index (χ1) is 10.8. The van der Waals surface area contributed by atoms with E-state index >= 15 is 0 Å². The molecule has 1 aromatic rings. The van der Waals surface area contributed by atoms with Crippen LogP contribution in [0, 0.1) is 5.92 Å². The number of rotatable bonds is 5. The Morgan fingerprint density at radius 1 is 1.25 bits per heavy atom. The minimum absolute atomic E-state index is 0. The van der Waals surface area contributed by atoms with Crippen LogP contribution in [0.15, 0.2) is 18.2 Å². The zero-order valence-corrected chi connectivity index (χ0v) is 15.6. The van der Waals surface area contributed by atoms with Crippen molar-refractivity contribution in [3.05, 3.63) is 34.3 Å². The third-order valence-corrected chi connectivity index (χ3v) is 4.79. The van der Waals surface area contributed by atoms with Gasteiger partial charge in [-0.05, 0) is 30.0 Å². The van der Waals surface area contributed by atoms with Gasteiger partial charge in [0.1, 0.15) is 0 Å². The first-order valence-electron chi connectivity index (χ1n) is 8.16. The molecule has 138 valence electrons. The number of hydrogen-bond acceptors (Lipinski definition) is 2. The van der Waals surface area contributed by atoms with Crippen LogP contribution in [0.2, 0.25) is 5.02 Å². The molecule has 0 amide bonds. The molecular formula is C17H25Cl2F3N2. The Morgan fingerprint density at radius 2 is 1.88 bits per heavy atom. The van der Waals surface area contributed by atoms with Gasteiger partial charge in [0.05, 0.1) is 10.6 Å². The van der Waals surface area contributed by atoms with Gasteiger partial charge in [-0.15, -0.1) is 12.4 Å². The van der Waals surface area contributed by atoms with E-state index in [1.165, 1.54) is 12.1 Å². The summed E-state index contributed by atoms with van der Waals surface area (Å²) < 4.78 is 39.5. The molecule has 2 rings (SSSR count). The van der Waals surface area contributed by atoms with Crippen LogP contribution in [0.25, 0.3) is 0 Å². The van der Waals surface area contributed by atoms with E-state index in [1.54, 1.807) is 6.07 Å². The summed E-state index contributed by atoms with van der Waals surface area (Å²) in [6.07, 6.45) is -2.42. The Balaban J connectivity index is 0.00000288. The Morgan fingerprint density at radius 3 is 2.42 bits per heavy atom. The van der Waals surface area contributed by atoms with Crippen LogP contribution in [0.1, 0.15) is 43.9 Å². The predicted molar refractivity (Wildman–Crippen MR) is 95.0 cm³/mol. The third kappa shape index (κ3) is 5.25. The van der Waals surface area contributed by atoms with Crippen molar-refractivity contribution >= 4 is 24.0 Å². The molecule has 1 aromatic carbocycles. The van der Waals surface area contributed by atoms with Crippen molar-refractivity contribution in [2.45, 2.75) is 38.9 Å². The number of nitrogens with zero attached hydrogens (tertiary/aromatic N) is 1. The summed E-state index contributed by atoms with van der Waals surface area (Å²) in [5.41, 5.74) is -0.0231. The second-order valence-electron chi connectivity index (χ2n) is 6.23. The smallest absolute Gasteiger partial charge is 0.314 e. The van der Waals surface area contributed by atoms with Crippen molar-refractivity contribution in [2.24, 2.45) is 5.92 Å². The standard InChI is InChI=1S/C17H24ClF3N2.ClH/c1-3-4-12(2)16(23-9-7-22-8-10-23)13-5-6-15(18)14(11-13)17(19,20)21;/h5-6,11-12,16,22H,3-4,7-10H2,1-2H3;1H/t12?,16-;/m1./s1. The van der Waals surface area contributed by atoms with Gasteiger partial charge in [0.2, 0.25) is 0 Å². The number of piperazine rings is 1. The highest BCUT2D eigenvalue weighted by molar-refractivity contribution is 6.31. The molecule has 0 aromatic heterocycles. The highest BCUT2D eigenvalue weighted by Gasteiger charge is 2.35. The van der Waals surface area contributed by atoms with Crippen molar-refractivity contribution in [1.29, 1.82) is 0 Å². The normalized spacial score (nSPS) is 18.8. The van der Waals surface area contributed by atoms with E-state index < -0.39 is 11.7 Å². The zero-order chi connectivity index (χ0) is 17.0. The van der Waals surface area contributed by atoms with Crippen LogP contribution >= 0.6 is 24.0 Å². The average Bonchev–Trinajstić information content (AvgIpc) is 2.49. The lowest BCUT2D eigenvalue weighted by molar-refractivity contribution is -0.137. The molecule has 1 saturated heterocycles. The molecule has 1 aliphatic rings. The van der Waals surface area contributed by atoms with E-state index in [9.17, 15) is 13.2 Å². The Hall–Kier alpha value is -0.490. The van der Waals surface area contributed by atoms with Gasteiger partial charge in [0, 0.05) is 32.2 Å². The second kappa shape index (κ2) is 9.27. The minimum atomic E-state index is -4.42. The van der Waals surface area contributed by atoms with Gasteiger partial charge in [0.25, 0.3) is 0 Å². The van der Waals surface area contributed by atoms with E-state index in [0.29, 0.717) is 11.5 Å². The lowest BCUT2D eigenvalue weighted by Gasteiger charge is -2.39. The fraction of sp³-hybridized carbons (Fsp3) is 0.647. The number of alkyl halides is 3. The first kappa shape index (κ1) is 21.6. The van der Waals surface area contributed by atoms with Crippen molar-refractivity contribution < 1.29 is 13.2 Å². The fourth-order valence-electron chi connectivity index (χ4n) is 3.42. The van der Waals surface area contributed by atoms with E-state index in [-0.39, 0.29) is 23.5 Å². The first-order valence-corrected chi connectivity index (χ1v) is 8.53. The number of nitrogens with one attached hydrogen (secondary N) is 1. The summed E-state index contributed by atoms with van der Waals surface area (Å²) in [4.78, 5) is 2.29. The summed E-state index contributed by atoms with van der Waals surface area (Å²) in [6, 6.07) is 4.36. The molecule has 0 radical (unpaired) electrons. The number of benzene rings is 1. The van der Waals surface area contributed by atoms with Crippen molar-refractivity contribution in [3.63, 3.8) is 0 Å². The number of halogens is 5. The lowest BCUT2D eigenvalue weighted by atomic mass is 9.88. The van der Waals surface area contributed by atoms with Crippen LogP contribution in [-0.2, 0) is 6.18 Å². The highest BCUT2D eigenvalue weighted by Crippen LogP contribution is 2.39. The van der Waals surface area contributed by atoms with Crippen molar-refractivity contribution in [1.82, 2.24) is 10.2 Å². The molecule has 2 atom stereocenters. The number of hydrogen-bond donors (Lipinski definition) is 1. The Labute approximate surface area is 153 Å². The Bertz CT molecular complexity index is 517. The molecule has 24 heavy (non-hydrogen) atoms. The maximum Gasteiger partial charge on any atom is 0.417 e. The SMILES string of the molecule is CCCC(C)[C@H](c1ccc(Cl)c(C(F)(F)F)c1)N1CCNCC1.Cl. The molecule has 1 fully saturated rings. The molecule has 7 heteroatoms. The maximum atomic E-state index is 13.2. The van der Waals surface area contributed by atoms with Crippen molar-refractivity contribution in [2.75, 3.05) is 26.2 Å². The van der Waals surface area contributed by atoms with Crippen LogP contribution in [-0.4, -0.2) is 31.1 Å². The summed E-state index contributed by atoms with van der Waals surface area (Å²) >= 11 is 5.77. The molecule has 1 heterocycles. The van der Waals surface area contributed by atoms with Crippen LogP contribution in [0.5, 0.6) is 0 Å². The molecule has 1 unspecified atom stereocenters. The maximum absolute atomic E-state index is 13.2. The van der Waals surface area contributed by atoms with Crippen LogP contribution in [0.3, 0.4) is 0 Å². The Kier molecular flexibility index (Phi) is 8.33. The highest BCUT2D eigenvalue weighted by atomic mass is 35.5. The molecule has 0 aliphatic carbocycles. The fourth-order valence-corrected chi connectivity index (χ4v) is 3.64. The third-order valence-electron chi connectivity index (χ3n) is 4.47. The van der Waals surface area contributed by atoms with Crippen LogP contribution in [0.4, 0.5) is 13.2 Å². The topological polar surface area (TPSA) is 15.3 Å². The zero-order valence-electron chi connectivity index (χ0n) is 14.0. The molecule has 0 spiro atoms. The summed E-state index contributed by atoms with van der Waals surface area (Å²) in [5.74, 6) is 0.292. The van der Waals surface area contributed by atoms with Gasteiger partial charge >= 0.3 is 6.18 Å². The predicted octanol–water partition coefficient (Wildman–Crippen LogP) is 5.16. The summed E-state index contributed by atoms with van der Waals surface area (Å²) in [7, 11) is 0. The van der Waals surface area contributed by atoms with Gasteiger partial charge in [-0.25, -0.2) is 0 Å². The summed E-state index contributed by atoms with van der Waals surface area (Å²) in [5, 5.41) is 3.06. The molecular weight excluding hydrogens is 360 g/mol. The molecule has 2 nitrogen and oxygen atoms in total.